The number of nitrogens with zero attached hydrogens (tertiary/aromatic N) is 2. The molecule has 0 bridgehead atoms. The van der Waals surface area contributed by atoms with Gasteiger partial charge in [-0.1, -0.05) is 0 Å². The lowest BCUT2D eigenvalue weighted by molar-refractivity contribution is -0.703. The van der Waals surface area contributed by atoms with Crippen LogP contribution in [0.15, 0.2) is 12.3 Å². The van der Waals surface area contributed by atoms with Crippen LogP contribution in [0.25, 0.3) is 0 Å². The summed E-state index contributed by atoms with van der Waals surface area (Å²) >= 11 is 0. The van der Waals surface area contributed by atoms with Crippen molar-refractivity contribution >= 4 is 11.5 Å². The number of nitrogen functional groups attached to an aromatic ring is 1. The SMILES string of the molecule is CC(O)(C[n+]1cc(N)cc(C(F)(F)F)c1N1CCCC1)C(F)(F)F. The van der Waals surface area contributed by atoms with Crippen molar-refractivity contribution in [1.29, 1.82) is 0 Å². The largest absolute Gasteiger partial charge is 0.424 e. The predicted octanol–water partition coefficient (Wildman–Crippen LogP) is 2.49. The minimum absolute atomic E-state index is 0.293. The van der Waals surface area contributed by atoms with Crippen molar-refractivity contribution in [2.75, 3.05) is 23.7 Å². The van der Waals surface area contributed by atoms with E-state index in [0.717, 1.165) is 10.8 Å². The number of hydrogen-bond donors (Lipinski definition) is 2. The highest BCUT2D eigenvalue weighted by molar-refractivity contribution is 5.51. The molecule has 0 amide bonds. The van der Waals surface area contributed by atoms with Crippen LogP contribution in [0.2, 0.25) is 0 Å². The van der Waals surface area contributed by atoms with Gasteiger partial charge in [-0.05, 0) is 25.8 Å². The van der Waals surface area contributed by atoms with Crippen LogP contribution in [0.1, 0.15) is 25.3 Å². The van der Waals surface area contributed by atoms with E-state index < -0.39 is 35.9 Å². The Morgan fingerprint density at radius 2 is 1.71 bits per heavy atom. The Hall–Kier alpha value is -1.71. The molecule has 3 N–H and O–H groups in total. The van der Waals surface area contributed by atoms with Crippen LogP contribution in [0, 0.1) is 0 Å². The Balaban J connectivity index is 2.59. The zero-order valence-corrected chi connectivity index (χ0v) is 12.9. The molecule has 0 saturated carbocycles. The summed E-state index contributed by atoms with van der Waals surface area (Å²) in [7, 11) is 0. The Labute approximate surface area is 134 Å². The van der Waals surface area contributed by atoms with E-state index in [1.54, 1.807) is 0 Å². The van der Waals surface area contributed by atoms with Crippen molar-refractivity contribution in [3.05, 3.63) is 17.8 Å². The van der Waals surface area contributed by atoms with Crippen LogP contribution in [-0.4, -0.2) is 30.0 Å². The molecule has 0 radical (unpaired) electrons. The Morgan fingerprint density at radius 1 is 1.17 bits per heavy atom. The highest BCUT2D eigenvalue weighted by Crippen LogP contribution is 2.38. The highest BCUT2D eigenvalue weighted by atomic mass is 19.4. The Kier molecular flexibility index (Phi) is 4.64. The lowest BCUT2D eigenvalue weighted by atomic mass is 10.1. The molecule has 0 spiro atoms. The first-order valence-corrected chi connectivity index (χ1v) is 7.27. The quantitative estimate of drug-likeness (QED) is 0.645. The average molecular weight is 358 g/mol. The number of aliphatic hydroxyl groups is 1. The van der Waals surface area contributed by atoms with E-state index in [1.165, 1.54) is 4.90 Å². The fourth-order valence-electron chi connectivity index (χ4n) is 2.70. The molecule has 1 aromatic heterocycles. The zero-order chi connectivity index (χ0) is 18.3. The maximum Gasteiger partial charge on any atom is 0.424 e. The molecule has 1 unspecified atom stereocenters. The van der Waals surface area contributed by atoms with Gasteiger partial charge >= 0.3 is 12.4 Å². The van der Waals surface area contributed by atoms with Crippen LogP contribution < -0.4 is 15.2 Å². The van der Waals surface area contributed by atoms with E-state index in [2.05, 4.69) is 0 Å². The van der Waals surface area contributed by atoms with E-state index in [4.69, 9.17) is 5.73 Å². The molecule has 2 rings (SSSR count). The summed E-state index contributed by atoms with van der Waals surface area (Å²) in [5, 5.41) is 9.67. The Morgan fingerprint density at radius 3 is 2.17 bits per heavy atom. The van der Waals surface area contributed by atoms with E-state index in [1.807, 2.05) is 0 Å². The topological polar surface area (TPSA) is 53.4 Å². The van der Waals surface area contributed by atoms with Gasteiger partial charge in [-0.2, -0.15) is 26.3 Å². The summed E-state index contributed by atoms with van der Waals surface area (Å²) < 4.78 is 79.6. The summed E-state index contributed by atoms with van der Waals surface area (Å²) in [4.78, 5) is 1.37. The molecule has 136 valence electrons. The number of nitrogens with two attached hydrogens (primary N) is 1. The molecular weight excluding hydrogens is 340 g/mol. The van der Waals surface area contributed by atoms with Gasteiger partial charge in [0.2, 0.25) is 0 Å². The van der Waals surface area contributed by atoms with E-state index in [9.17, 15) is 31.4 Å². The van der Waals surface area contributed by atoms with Crippen molar-refractivity contribution in [2.45, 2.75) is 44.3 Å². The lowest BCUT2D eigenvalue weighted by Gasteiger charge is -2.27. The highest BCUT2D eigenvalue weighted by Gasteiger charge is 2.53. The van der Waals surface area contributed by atoms with Crippen molar-refractivity contribution in [1.82, 2.24) is 0 Å². The number of alkyl halides is 6. The monoisotopic (exact) mass is 358 g/mol. The van der Waals surface area contributed by atoms with Crippen molar-refractivity contribution in [3.63, 3.8) is 0 Å². The maximum atomic E-state index is 13.3. The average Bonchev–Trinajstić information content (AvgIpc) is 2.88. The van der Waals surface area contributed by atoms with Gasteiger partial charge in [-0.15, -0.1) is 0 Å². The van der Waals surface area contributed by atoms with Gasteiger partial charge in [-0.3, -0.25) is 4.90 Å². The molecule has 1 atom stereocenters. The first kappa shape index (κ1) is 18.6. The molecule has 24 heavy (non-hydrogen) atoms. The van der Waals surface area contributed by atoms with Crippen molar-refractivity contribution in [3.8, 4) is 0 Å². The standard InChI is InChI=1S/C14H18F6N3O/c1-12(24,14(18,19)20)8-23-7-9(21)6-10(13(15,16)17)11(23)22-4-2-3-5-22/h6-7,24H,2-5,8,21H2,1H3/q+1. The first-order chi connectivity index (χ1) is 10.8. The second kappa shape index (κ2) is 5.98. The van der Waals surface area contributed by atoms with E-state index in [-0.39, 0.29) is 5.69 Å². The number of hydrogen-bond acceptors (Lipinski definition) is 3. The summed E-state index contributed by atoms with van der Waals surface area (Å²) in [6.07, 6.45) is -7.51. The smallest absolute Gasteiger partial charge is 0.396 e. The molecule has 1 fully saturated rings. The molecule has 1 saturated heterocycles. The van der Waals surface area contributed by atoms with Crippen LogP contribution in [-0.2, 0) is 12.7 Å². The van der Waals surface area contributed by atoms with Gasteiger partial charge in [0.25, 0.3) is 5.82 Å². The first-order valence-electron chi connectivity index (χ1n) is 7.27. The fourth-order valence-corrected chi connectivity index (χ4v) is 2.70. The van der Waals surface area contributed by atoms with Gasteiger partial charge in [0, 0.05) is 0 Å². The van der Waals surface area contributed by atoms with Crippen LogP contribution in [0.5, 0.6) is 0 Å². The fraction of sp³-hybridized carbons (Fsp3) is 0.643. The molecule has 0 aromatic carbocycles. The number of aromatic nitrogens is 1. The second-order valence-electron chi connectivity index (χ2n) is 6.10. The molecule has 1 aliphatic heterocycles. The molecular formula is C14H18F6N3O+. The summed E-state index contributed by atoms with van der Waals surface area (Å²) in [6, 6.07) is 0.701. The zero-order valence-electron chi connectivity index (χ0n) is 12.9. The van der Waals surface area contributed by atoms with Gasteiger partial charge in [0.1, 0.15) is 18.3 Å². The molecule has 2 heterocycles. The van der Waals surface area contributed by atoms with Gasteiger partial charge in [0.05, 0.1) is 18.8 Å². The van der Waals surface area contributed by atoms with Crippen LogP contribution >= 0.6 is 0 Å². The van der Waals surface area contributed by atoms with Crippen molar-refractivity contribution < 1.29 is 36.0 Å². The van der Waals surface area contributed by atoms with Gasteiger partial charge in [-0.25, -0.2) is 4.57 Å². The third-order valence-corrected chi connectivity index (χ3v) is 3.93. The number of halogens is 6. The second-order valence-corrected chi connectivity index (χ2v) is 6.10. The van der Waals surface area contributed by atoms with Crippen LogP contribution in [0.4, 0.5) is 37.8 Å². The minimum Gasteiger partial charge on any atom is -0.396 e. The molecule has 4 nitrogen and oxygen atoms in total. The third-order valence-electron chi connectivity index (χ3n) is 3.93. The van der Waals surface area contributed by atoms with Gasteiger partial charge in [0.15, 0.2) is 5.60 Å². The maximum absolute atomic E-state index is 13.3. The summed E-state index contributed by atoms with van der Waals surface area (Å²) in [6.45, 7) is 0.0168. The predicted molar refractivity (Wildman–Crippen MR) is 74.2 cm³/mol. The molecule has 1 aromatic rings. The van der Waals surface area contributed by atoms with E-state index in [0.29, 0.717) is 38.9 Å². The minimum atomic E-state index is -4.99. The normalized spacial score (nSPS) is 18.8. The van der Waals surface area contributed by atoms with Crippen LogP contribution in [0.3, 0.4) is 0 Å². The molecule has 10 heteroatoms. The number of anilines is 2. The summed E-state index contributed by atoms with van der Waals surface area (Å²) in [5.41, 5.74) is 0.818. The van der Waals surface area contributed by atoms with Gasteiger partial charge < -0.3 is 10.8 Å². The summed E-state index contributed by atoms with van der Waals surface area (Å²) in [5.74, 6) is -0.404. The third kappa shape index (κ3) is 3.68. The lowest BCUT2D eigenvalue weighted by Crippen LogP contribution is -2.56. The Bertz CT molecular complexity index is 606. The van der Waals surface area contributed by atoms with Crippen molar-refractivity contribution in [2.24, 2.45) is 0 Å². The number of rotatable bonds is 3. The molecule has 0 aliphatic carbocycles. The van der Waals surface area contributed by atoms with E-state index >= 15 is 0 Å². The number of pyridine rings is 1. The molecule has 1 aliphatic rings.